The van der Waals surface area contributed by atoms with Crippen LogP contribution in [0.15, 0.2) is 60.8 Å². The molecule has 2 heteroatoms. The van der Waals surface area contributed by atoms with Crippen molar-refractivity contribution < 1.29 is 8.96 Å². The zero-order valence-corrected chi connectivity index (χ0v) is 18.7. The van der Waals surface area contributed by atoms with Gasteiger partial charge in [-0.05, 0) is 49.1 Å². The monoisotopic (exact) mass is 402 g/mol. The van der Waals surface area contributed by atoms with Gasteiger partial charge >= 0.3 is 0 Å². The lowest BCUT2D eigenvalue weighted by molar-refractivity contribution is -0.725. The normalized spacial score (nSPS) is 20.0. The molecule has 0 fully saturated rings. The number of halogens is 1. The van der Waals surface area contributed by atoms with E-state index in [2.05, 4.69) is 56.7 Å². The van der Waals surface area contributed by atoms with Crippen LogP contribution in [-0.2, 0) is 5.41 Å². The second-order valence-electron chi connectivity index (χ2n) is 8.78. The summed E-state index contributed by atoms with van der Waals surface area (Å²) in [6, 6.07) is 18.6. The number of benzene rings is 2. The van der Waals surface area contributed by atoms with Crippen LogP contribution < -0.4 is 4.57 Å². The van der Waals surface area contributed by atoms with Gasteiger partial charge in [0.1, 0.15) is 5.82 Å². The molecule has 0 spiro atoms. The van der Waals surface area contributed by atoms with Gasteiger partial charge in [-0.3, -0.25) is 0 Å². The fraction of sp³-hybridized carbons (Fsp3) is 0.393. The van der Waals surface area contributed by atoms with Crippen LogP contribution in [0.25, 0.3) is 22.4 Å². The van der Waals surface area contributed by atoms with Crippen molar-refractivity contribution in [1.82, 2.24) is 0 Å². The van der Waals surface area contributed by atoms with Gasteiger partial charge in [0, 0.05) is 23.6 Å². The van der Waals surface area contributed by atoms with Crippen LogP contribution in [0.5, 0.6) is 0 Å². The van der Waals surface area contributed by atoms with Crippen molar-refractivity contribution in [3.63, 3.8) is 0 Å². The van der Waals surface area contributed by atoms with Gasteiger partial charge in [0.15, 0.2) is 12.2 Å². The molecule has 1 aromatic heterocycles. The highest BCUT2D eigenvalue weighted by atomic mass is 19.1. The molecule has 30 heavy (non-hydrogen) atoms. The van der Waals surface area contributed by atoms with Crippen LogP contribution in [0.3, 0.4) is 0 Å². The zero-order valence-electron chi connectivity index (χ0n) is 18.7. The first kappa shape index (κ1) is 20.8. The van der Waals surface area contributed by atoms with E-state index < -0.39 is 0 Å². The predicted molar refractivity (Wildman–Crippen MR) is 123 cm³/mol. The van der Waals surface area contributed by atoms with Gasteiger partial charge < -0.3 is 0 Å². The third-order valence-electron chi connectivity index (χ3n) is 7.10. The molecule has 1 nitrogen and oxygen atoms in total. The van der Waals surface area contributed by atoms with E-state index in [1.807, 2.05) is 36.4 Å². The minimum atomic E-state index is -0.107. The molecule has 0 N–H and O–H groups in total. The van der Waals surface area contributed by atoms with E-state index in [9.17, 15) is 0 Å². The summed E-state index contributed by atoms with van der Waals surface area (Å²) in [7, 11) is 0. The minimum absolute atomic E-state index is 0.0401. The van der Waals surface area contributed by atoms with Gasteiger partial charge in [-0.1, -0.05) is 63.9 Å². The summed E-state index contributed by atoms with van der Waals surface area (Å²) in [6.07, 6.45) is 7.77. The molecule has 2 aromatic carbocycles. The Morgan fingerprint density at radius 1 is 0.967 bits per heavy atom. The Morgan fingerprint density at radius 2 is 1.73 bits per heavy atom. The van der Waals surface area contributed by atoms with E-state index in [1.54, 1.807) is 0 Å². The van der Waals surface area contributed by atoms with Crippen molar-refractivity contribution in [2.24, 2.45) is 0 Å². The number of hydrogen-bond acceptors (Lipinski definition) is 0. The van der Waals surface area contributed by atoms with Crippen molar-refractivity contribution in [3.05, 3.63) is 77.7 Å². The molecule has 2 unspecified atom stereocenters. The first-order valence-corrected chi connectivity index (χ1v) is 11.5. The van der Waals surface area contributed by atoms with E-state index in [1.165, 1.54) is 22.4 Å². The van der Waals surface area contributed by atoms with Crippen LogP contribution in [0.1, 0.15) is 70.0 Å². The fourth-order valence-corrected chi connectivity index (χ4v) is 5.58. The smallest absolute Gasteiger partial charge is 0.206 e. The van der Waals surface area contributed by atoms with Crippen LogP contribution >= 0.6 is 0 Å². The maximum Gasteiger partial charge on any atom is 0.213 e. The molecule has 1 aliphatic heterocycles. The van der Waals surface area contributed by atoms with E-state index >= 15 is 4.39 Å². The number of aryl methyl sites for hydroxylation is 1. The number of fused-ring (bicyclic) bond motifs is 3. The Kier molecular flexibility index (Phi) is 5.77. The number of rotatable bonds is 6. The van der Waals surface area contributed by atoms with Gasteiger partial charge in [0.2, 0.25) is 5.69 Å². The third kappa shape index (κ3) is 3.27. The molecule has 3 aromatic rings. The first-order valence-electron chi connectivity index (χ1n) is 11.5. The largest absolute Gasteiger partial charge is 0.213 e. The lowest BCUT2D eigenvalue weighted by Crippen LogP contribution is -2.55. The van der Waals surface area contributed by atoms with Gasteiger partial charge in [-0.2, -0.15) is 4.57 Å². The van der Waals surface area contributed by atoms with E-state index in [-0.39, 0.29) is 11.2 Å². The average molecular weight is 403 g/mol. The molecule has 4 rings (SSSR count). The molecule has 0 saturated carbocycles. The van der Waals surface area contributed by atoms with E-state index in [0.29, 0.717) is 11.6 Å². The quantitative estimate of drug-likeness (QED) is 0.375. The Bertz CT molecular complexity index is 1040. The summed E-state index contributed by atoms with van der Waals surface area (Å²) in [4.78, 5) is 0. The highest BCUT2D eigenvalue weighted by molar-refractivity contribution is 5.75. The minimum Gasteiger partial charge on any atom is -0.206 e. The molecule has 2 atom stereocenters. The van der Waals surface area contributed by atoms with Crippen LogP contribution in [0.4, 0.5) is 4.39 Å². The lowest BCUT2D eigenvalue weighted by Gasteiger charge is -2.42. The zero-order chi connectivity index (χ0) is 21.3. The number of aromatic nitrogens is 1. The molecule has 1 aliphatic rings. The second kappa shape index (κ2) is 8.34. The maximum absolute atomic E-state index is 15.5. The average Bonchev–Trinajstić information content (AvgIpc) is 2.77. The third-order valence-corrected chi connectivity index (χ3v) is 7.10. The topological polar surface area (TPSA) is 3.88 Å². The first-order chi connectivity index (χ1) is 14.6. The summed E-state index contributed by atoms with van der Waals surface area (Å²) < 4.78 is 18.0. The second-order valence-corrected chi connectivity index (χ2v) is 8.78. The molecule has 0 amide bonds. The van der Waals surface area contributed by atoms with Gasteiger partial charge in [-0.25, -0.2) is 4.39 Å². The van der Waals surface area contributed by atoms with Crippen molar-refractivity contribution in [3.8, 4) is 22.4 Å². The van der Waals surface area contributed by atoms with E-state index in [0.717, 1.165) is 37.7 Å². The van der Waals surface area contributed by atoms with E-state index in [4.69, 9.17) is 0 Å². The Labute approximate surface area is 180 Å². The van der Waals surface area contributed by atoms with Crippen molar-refractivity contribution >= 4 is 0 Å². The lowest BCUT2D eigenvalue weighted by atomic mass is 9.64. The number of nitrogens with zero attached hydrogens (tertiary/aromatic N) is 1. The van der Waals surface area contributed by atoms with Gasteiger partial charge in [-0.15, -0.1) is 0 Å². The molecule has 156 valence electrons. The molecule has 0 aliphatic carbocycles. The van der Waals surface area contributed by atoms with Crippen LogP contribution in [0, 0.1) is 12.7 Å². The van der Waals surface area contributed by atoms with Gasteiger partial charge in [0.05, 0.1) is 11.0 Å². The number of unbranched alkanes of at least 4 members (excludes halogenated alkanes) is 1. The standard InChI is InChI=1S/C28H33FN/c1-5-8-16-28(7-3)24-18-25(29)22(21-12-10-9-11-13-21)17-23(24)26-15-14-20(4)19-30(26)27(28)6-2/h9-15,17-19,27H,5-8,16H2,1-4H3/q+1. The highest BCUT2D eigenvalue weighted by Crippen LogP contribution is 2.50. The summed E-state index contributed by atoms with van der Waals surface area (Å²) in [6.45, 7) is 8.97. The van der Waals surface area contributed by atoms with Crippen molar-refractivity contribution in [2.75, 3.05) is 0 Å². The Hall–Kier alpha value is -2.48. The van der Waals surface area contributed by atoms with Crippen LogP contribution in [0.2, 0.25) is 0 Å². The highest BCUT2D eigenvalue weighted by Gasteiger charge is 2.50. The van der Waals surface area contributed by atoms with Crippen LogP contribution in [-0.4, -0.2) is 0 Å². The molecule has 0 saturated heterocycles. The molecular formula is C28H33FN+. The number of hydrogen-bond donors (Lipinski definition) is 0. The van der Waals surface area contributed by atoms with Gasteiger partial charge in [0.25, 0.3) is 0 Å². The molecule has 0 bridgehead atoms. The molecular weight excluding hydrogens is 369 g/mol. The summed E-state index contributed by atoms with van der Waals surface area (Å²) in [5.74, 6) is -0.107. The molecule has 0 radical (unpaired) electrons. The SMILES string of the molecule is CCCCC1(CC)c2cc(F)c(-c3ccccc3)cc2-c2ccc(C)c[n+]2C1CC. The Morgan fingerprint density at radius 3 is 2.40 bits per heavy atom. The summed E-state index contributed by atoms with van der Waals surface area (Å²) in [5, 5.41) is 0. The summed E-state index contributed by atoms with van der Waals surface area (Å²) >= 11 is 0. The van der Waals surface area contributed by atoms with Crippen molar-refractivity contribution in [2.45, 2.75) is 71.3 Å². The fourth-order valence-electron chi connectivity index (χ4n) is 5.58. The maximum atomic E-state index is 15.5. The molecule has 2 heterocycles. The summed E-state index contributed by atoms with van der Waals surface area (Å²) in [5.41, 5.74) is 6.46. The number of pyridine rings is 1. The predicted octanol–water partition coefficient (Wildman–Crippen LogP) is 7.56. The Balaban J connectivity index is 2.03. The van der Waals surface area contributed by atoms with Crippen molar-refractivity contribution in [1.29, 1.82) is 0 Å².